The predicted molar refractivity (Wildman–Crippen MR) is 392 cm³/mol. The van der Waals surface area contributed by atoms with Gasteiger partial charge < -0.3 is 37.0 Å². The molecule has 0 saturated heterocycles. The van der Waals surface area contributed by atoms with Crippen LogP contribution in [-0.2, 0) is 41.5 Å². The molecule has 1 N–H and O–H groups in total. The van der Waals surface area contributed by atoms with Crippen LogP contribution in [0.1, 0.15) is 222 Å². The number of aliphatic carboxylic acids is 1. The Morgan fingerprint density at radius 2 is 0.879 bits per heavy atom. The Kier molecular flexibility index (Phi) is 25.1. The lowest BCUT2D eigenvalue weighted by atomic mass is 9.63. The van der Waals surface area contributed by atoms with Crippen LogP contribution in [0.2, 0.25) is 72.5 Å². The molecule has 0 amide bonds. The zero-order valence-corrected chi connectivity index (χ0v) is 67.5. The van der Waals surface area contributed by atoms with Crippen LogP contribution in [0.15, 0.2) is 94.2 Å². The largest absolute Gasteiger partial charge is 0.480 e. The van der Waals surface area contributed by atoms with Crippen LogP contribution in [0, 0.1) is 28.1 Å². The smallest absolute Gasteiger partial charge is 0.332 e. The molecule has 0 bridgehead atoms. The Morgan fingerprint density at radius 1 is 0.549 bits per heavy atom. The van der Waals surface area contributed by atoms with E-state index < -0.39 is 44.8 Å². The summed E-state index contributed by atoms with van der Waals surface area (Å²) in [5, 5.41) is 9.66. The number of fused-ring (bicyclic) bond motifs is 2. The third kappa shape index (κ3) is 19.0. The average molecular weight is 1330 g/mol. The summed E-state index contributed by atoms with van der Waals surface area (Å²) in [5.41, 5.74) is 9.65. The third-order valence-electron chi connectivity index (χ3n) is 24.7. The Balaban J connectivity index is 0.000000334. The van der Waals surface area contributed by atoms with Crippen molar-refractivity contribution in [1.82, 2.24) is 0 Å². The first-order chi connectivity index (χ1) is 41.1. The molecule has 0 aromatic rings. The quantitative estimate of drug-likeness (QED) is 0.0761. The van der Waals surface area contributed by atoms with E-state index in [4.69, 9.17) is 37.0 Å². The molecule has 10 atom stereocenters. The van der Waals surface area contributed by atoms with E-state index in [-0.39, 0.29) is 92.2 Å². The van der Waals surface area contributed by atoms with E-state index in [0.29, 0.717) is 11.8 Å². The van der Waals surface area contributed by atoms with Crippen molar-refractivity contribution in [3.05, 3.63) is 94.2 Å². The Morgan fingerprint density at radius 3 is 1.20 bits per heavy atom. The molecular formula is C77H134O10Si4. The van der Waals surface area contributed by atoms with Crippen molar-refractivity contribution in [2.24, 2.45) is 28.1 Å². The van der Waals surface area contributed by atoms with Gasteiger partial charge in [0.2, 0.25) is 0 Å². The number of allylic oxidation sites excluding steroid dienone is 8. The van der Waals surface area contributed by atoms with Crippen molar-refractivity contribution in [3.8, 4) is 0 Å². The van der Waals surface area contributed by atoms with E-state index in [1.165, 1.54) is 33.4 Å². The van der Waals surface area contributed by atoms with Gasteiger partial charge >= 0.3 is 11.9 Å². The van der Waals surface area contributed by atoms with Gasteiger partial charge in [-0.1, -0.05) is 178 Å². The predicted octanol–water partition coefficient (Wildman–Crippen LogP) is 21.5. The normalized spacial score (nSPS) is 29.4. The Bertz CT molecular complexity index is 2810. The minimum atomic E-state index is -2.02. The van der Waals surface area contributed by atoms with Gasteiger partial charge in [-0.2, -0.15) is 0 Å². The van der Waals surface area contributed by atoms with Crippen LogP contribution in [0.4, 0.5) is 0 Å². The Hall–Kier alpha value is -2.51. The van der Waals surface area contributed by atoms with Crippen molar-refractivity contribution in [3.63, 3.8) is 0 Å². The average Bonchev–Trinajstić information content (AvgIpc) is 1.78. The monoisotopic (exact) mass is 1330 g/mol. The van der Waals surface area contributed by atoms with Crippen molar-refractivity contribution >= 4 is 45.2 Å². The second-order valence-electron chi connectivity index (χ2n) is 36.5. The van der Waals surface area contributed by atoms with Crippen LogP contribution in [-0.4, -0.2) is 106 Å². The van der Waals surface area contributed by atoms with Gasteiger partial charge in [-0.15, -0.1) is 0 Å². The maximum Gasteiger partial charge on any atom is 0.332 e. The maximum absolute atomic E-state index is 12.8. The number of carbonyl (C=O) groups excluding carboxylic acids is 1. The SMILES string of the molecule is C=C1C(=CC=C2CCC[C@]3(C)C([C@H](C)OCC(=O)O)=CCC23)C[C@@H](O[Si](C)(C)C(C)(C)C)C[C@@H]1O[Si](C)(C)C(C)(C)C.C=C1C(=CC=C2CCC[C@]3(C)C([C@H](C)OCC(=O)OC(C)(C)C(C)(C)C)=CC[C@@H]23)C[C@@H](O[Si](C)(C)C(C)(C)C)C[C@@H]1O[Si](C)(C)C(C)(C)C. The van der Waals surface area contributed by atoms with Crippen molar-refractivity contribution in [2.75, 3.05) is 13.2 Å². The molecule has 0 radical (unpaired) electrons. The highest BCUT2D eigenvalue weighted by Crippen LogP contribution is 2.58. The van der Waals surface area contributed by atoms with E-state index in [0.717, 1.165) is 88.2 Å². The number of hydrogen-bond donors (Lipinski definition) is 1. The molecule has 0 aromatic heterocycles. The number of carboxylic acids is 1. The molecule has 14 heteroatoms. The highest BCUT2D eigenvalue weighted by atomic mass is 28.4. The number of ether oxygens (including phenoxy) is 3. The van der Waals surface area contributed by atoms with Crippen molar-refractivity contribution in [2.45, 2.75) is 337 Å². The van der Waals surface area contributed by atoms with Gasteiger partial charge in [-0.05, 0) is 221 Å². The van der Waals surface area contributed by atoms with Crippen LogP contribution < -0.4 is 0 Å². The number of rotatable bonds is 19. The molecule has 6 aliphatic carbocycles. The molecule has 518 valence electrons. The molecule has 0 aromatic carbocycles. The topological polar surface area (TPSA) is 119 Å². The first kappa shape index (κ1) is 79.2. The van der Waals surface area contributed by atoms with Gasteiger partial charge in [-0.25, -0.2) is 9.59 Å². The number of hydrogen-bond acceptors (Lipinski definition) is 9. The summed E-state index contributed by atoms with van der Waals surface area (Å²) in [5.74, 6) is -0.370. The van der Waals surface area contributed by atoms with Gasteiger partial charge in [0.1, 0.15) is 18.8 Å². The summed E-state index contributed by atoms with van der Waals surface area (Å²) in [6.07, 6.45) is 26.2. The molecule has 0 spiro atoms. The maximum atomic E-state index is 12.8. The standard InChI is InChI=1S/C42H74O5Si2.C35H60O5Si2/c1-29-32(26-33(46-48(15,16)39(6,7)8)27-36(29)47-49(17,18)40(9,10)11)22-21-31-20-19-25-42(14)34(23-24-35(31)42)30(2)44-28-37(43)45-41(12,13)38(3,4)5;1-24-27(17-16-26-15-14-20-35(9)29(18-19-30(26)35)25(2)38-23-32(36)37)21-28(39-41(10,11)33(3,4)5)22-31(24)40-42(12,13)34(6,7)8/h21-23,30,33,35-36H,1,19-20,24-28H2,2-18H3;16-18,25,28,30-31H,1,14-15,19-23H2,2-13H3,(H,36,37)/t30-,33+,35-,36-,42+;25-,28+,30?,31-,35+/m00/s1. The van der Waals surface area contributed by atoms with Crippen LogP contribution in [0.5, 0.6) is 0 Å². The Labute approximate surface area is 561 Å². The van der Waals surface area contributed by atoms with E-state index in [9.17, 15) is 9.59 Å². The highest BCUT2D eigenvalue weighted by molar-refractivity contribution is 6.75. The van der Waals surface area contributed by atoms with Crippen molar-refractivity contribution in [1.29, 1.82) is 0 Å². The first-order valence-corrected chi connectivity index (χ1v) is 46.7. The fraction of sp³-hybridized carbons (Fsp3) is 0.766. The lowest BCUT2D eigenvalue weighted by Gasteiger charge is -2.45. The number of carbonyl (C=O) groups is 2. The van der Waals surface area contributed by atoms with E-state index in [1.54, 1.807) is 0 Å². The molecule has 91 heavy (non-hydrogen) atoms. The molecule has 1 unspecified atom stereocenters. The van der Waals surface area contributed by atoms with E-state index in [1.807, 2.05) is 20.8 Å². The van der Waals surface area contributed by atoms with E-state index >= 15 is 0 Å². The lowest BCUT2D eigenvalue weighted by molar-refractivity contribution is -0.173. The number of carboxylic acid groups (broad SMARTS) is 1. The molecule has 6 aliphatic rings. The van der Waals surface area contributed by atoms with Gasteiger partial charge in [0.05, 0.1) is 36.6 Å². The summed E-state index contributed by atoms with van der Waals surface area (Å²) >= 11 is 0. The van der Waals surface area contributed by atoms with Gasteiger partial charge in [0, 0.05) is 18.3 Å². The number of esters is 1. The molecule has 0 heterocycles. The summed E-state index contributed by atoms with van der Waals surface area (Å²) < 4.78 is 46.0. The highest BCUT2D eigenvalue weighted by Gasteiger charge is 2.51. The zero-order chi connectivity index (χ0) is 69.5. The van der Waals surface area contributed by atoms with Crippen molar-refractivity contribution < 1.29 is 46.6 Å². The zero-order valence-electron chi connectivity index (χ0n) is 63.5. The second-order valence-corrected chi connectivity index (χ2v) is 55.5. The minimum absolute atomic E-state index is 0.00599. The van der Waals surface area contributed by atoms with E-state index in [2.05, 4.69) is 227 Å². The van der Waals surface area contributed by atoms with Crippen LogP contribution >= 0.6 is 0 Å². The summed E-state index contributed by atoms with van der Waals surface area (Å²) in [6, 6.07) is 0. The summed E-state index contributed by atoms with van der Waals surface area (Å²) in [7, 11) is -7.95. The van der Waals surface area contributed by atoms with Gasteiger partial charge in [0.25, 0.3) is 0 Å². The third-order valence-corrected chi connectivity index (χ3v) is 42.7. The molecule has 4 fully saturated rings. The van der Waals surface area contributed by atoms with Gasteiger partial charge in [0.15, 0.2) is 33.3 Å². The van der Waals surface area contributed by atoms with Crippen LogP contribution in [0.25, 0.3) is 0 Å². The van der Waals surface area contributed by atoms with Gasteiger partial charge in [-0.3, -0.25) is 0 Å². The summed E-state index contributed by atoms with van der Waals surface area (Å²) in [4.78, 5) is 23.9. The lowest BCUT2D eigenvalue weighted by Crippen LogP contribution is -2.49. The summed E-state index contributed by atoms with van der Waals surface area (Å²) in [6.45, 7) is 74.5. The fourth-order valence-electron chi connectivity index (χ4n) is 13.5. The molecular weight excluding hydrogens is 1200 g/mol. The second kappa shape index (κ2) is 28.9. The first-order valence-electron chi connectivity index (χ1n) is 35.1. The molecule has 6 rings (SSSR count). The molecule has 10 nitrogen and oxygen atoms in total. The fourth-order valence-corrected chi connectivity index (χ4v) is 18.9. The van der Waals surface area contributed by atoms with Crippen LogP contribution in [0.3, 0.4) is 0 Å². The minimum Gasteiger partial charge on any atom is -0.480 e. The molecule has 4 saturated carbocycles. The molecule has 0 aliphatic heterocycles.